The van der Waals surface area contributed by atoms with Gasteiger partial charge in [-0.05, 0) is 98.7 Å². The Labute approximate surface area is 210 Å². The SMILES string of the molecule is CCCCCCCCc1ccc(C2CCC(/C=C/C3C=CC(CCCCC)CC3)CC2)cc1F. The van der Waals surface area contributed by atoms with E-state index in [9.17, 15) is 4.39 Å². The van der Waals surface area contributed by atoms with Crippen LogP contribution in [0.4, 0.5) is 4.39 Å². The summed E-state index contributed by atoms with van der Waals surface area (Å²) in [6, 6.07) is 6.16. The molecule has 2 aliphatic carbocycles. The van der Waals surface area contributed by atoms with Gasteiger partial charge >= 0.3 is 0 Å². The molecule has 0 aliphatic heterocycles. The van der Waals surface area contributed by atoms with Crippen molar-refractivity contribution in [2.75, 3.05) is 0 Å². The predicted molar refractivity (Wildman–Crippen MR) is 147 cm³/mol. The van der Waals surface area contributed by atoms with Crippen LogP contribution in [0.15, 0.2) is 42.5 Å². The van der Waals surface area contributed by atoms with Crippen molar-refractivity contribution in [2.45, 2.75) is 129 Å². The van der Waals surface area contributed by atoms with Crippen molar-refractivity contribution in [3.05, 3.63) is 59.4 Å². The maximum atomic E-state index is 14.7. The van der Waals surface area contributed by atoms with E-state index in [1.54, 1.807) is 0 Å². The number of aryl methyl sites for hydroxylation is 1. The van der Waals surface area contributed by atoms with E-state index in [1.165, 1.54) is 102 Å². The average molecular weight is 467 g/mol. The highest BCUT2D eigenvalue weighted by molar-refractivity contribution is 5.27. The zero-order valence-electron chi connectivity index (χ0n) is 22.2. The number of rotatable bonds is 14. The lowest BCUT2D eigenvalue weighted by atomic mass is 9.77. The van der Waals surface area contributed by atoms with Gasteiger partial charge in [0, 0.05) is 0 Å². The molecule has 0 N–H and O–H groups in total. The van der Waals surface area contributed by atoms with E-state index < -0.39 is 0 Å². The van der Waals surface area contributed by atoms with Crippen LogP contribution in [0.2, 0.25) is 0 Å². The Morgan fingerprint density at radius 3 is 2.21 bits per heavy atom. The maximum absolute atomic E-state index is 14.7. The first-order valence-electron chi connectivity index (χ1n) is 14.8. The average Bonchev–Trinajstić information content (AvgIpc) is 2.87. The summed E-state index contributed by atoms with van der Waals surface area (Å²) in [7, 11) is 0. The molecule has 0 nitrogen and oxygen atoms in total. The summed E-state index contributed by atoms with van der Waals surface area (Å²) in [6.07, 6.45) is 31.5. The summed E-state index contributed by atoms with van der Waals surface area (Å²) in [4.78, 5) is 0. The molecule has 0 heterocycles. The van der Waals surface area contributed by atoms with Gasteiger partial charge in [0.2, 0.25) is 0 Å². The van der Waals surface area contributed by atoms with Crippen molar-refractivity contribution < 1.29 is 4.39 Å². The molecule has 1 aromatic rings. The Hall–Kier alpha value is -1.37. The van der Waals surface area contributed by atoms with Crippen molar-refractivity contribution in [1.29, 1.82) is 0 Å². The van der Waals surface area contributed by atoms with Gasteiger partial charge in [0.1, 0.15) is 5.82 Å². The molecular weight excluding hydrogens is 415 g/mol. The summed E-state index contributed by atoms with van der Waals surface area (Å²) in [6.45, 7) is 4.54. The van der Waals surface area contributed by atoms with E-state index in [0.717, 1.165) is 24.3 Å². The van der Waals surface area contributed by atoms with Gasteiger partial charge in [-0.2, -0.15) is 0 Å². The molecule has 1 fully saturated rings. The van der Waals surface area contributed by atoms with Crippen molar-refractivity contribution in [1.82, 2.24) is 0 Å². The lowest BCUT2D eigenvalue weighted by Gasteiger charge is -2.28. The molecule has 0 bridgehead atoms. The normalized spacial score (nSPS) is 25.3. The number of benzene rings is 1. The Morgan fingerprint density at radius 2 is 1.50 bits per heavy atom. The Kier molecular flexibility index (Phi) is 12.5. The van der Waals surface area contributed by atoms with Gasteiger partial charge in [0.15, 0.2) is 0 Å². The molecule has 190 valence electrons. The zero-order chi connectivity index (χ0) is 24.0. The van der Waals surface area contributed by atoms with Crippen molar-refractivity contribution in [3.63, 3.8) is 0 Å². The van der Waals surface area contributed by atoms with Crippen molar-refractivity contribution >= 4 is 0 Å². The van der Waals surface area contributed by atoms with Crippen LogP contribution in [0, 0.1) is 23.6 Å². The third-order valence-electron chi connectivity index (χ3n) is 8.43. The van der Waals surface area contributed by atoms with Crippen LogP contribution in [-0.2, 0) is 6.42 Å². The number of hydrogen-bond acceptors (Lipinski definition) is 0. The Bertz CT molecular complexity index is 737. The lowest BCUT2D eigenvalue weighted by molar-refractivity contribution is 0.373. The third-order valence-corrected chi connectivity index (χ3v) is 8.43. The number of allylic oxidation sites excluding steroid dienone is 4. The summed E-state index contributed by atoms with van der Waals surface area (Å²) in [5.41, 5.74) is 2.15. The first-order valence-corrected chi connectivity index (χ1v) is 14.8. The first kappa shape index (κ1) is 27.2. The fourth-order valence-corrected chi connectivity index (χ4v) is 6.02. The fraction of sp³-hybridized carbons (Fsp3) is 0.697. The molecule has 0 amide bonds. The van der Waals surface area contributed by atoms with Gasteiger partial charge in [0.25, 0.3) is 0 Å². The summed E-state index contributed by atoms with van der Waals surface area (Å²) in [5, 5.41) is 0. The monoisotopic (exact) mass is 466 g/mol. The Morgan fingerprint density at radius 1 is 0.765 bits per heavy atom. The van der Waals surface area contributed by atoms with Gasteiger partial charge in [-0.1, -0.05) is 102 Å². The van der Waals surface area contributed by atoms with Crippen LogP contribution in [0.25, 0.3) is 0 Å². The van der Waals surface area contributed by atoms with E-state index in [-0.39, 0.29) is 5.82 Å². The molecule has 0 saturated heterocycles. The molecule has 1 heteroatoms. The maximum Gasteiger partial charge on any atom is 0.126 e. The molecule has 2 unspecified atom stereocenters. The van der Waals surface area contributed by atoms with Gasteiger partial charge in [-0.15, -0.1) is 0 Å². The molecule has 0 radical (unpaired) electrons. The van der Waals surface area contributed by atoms with E-state index in [0.29, 0.717) is 17.8 Å². The number of hydrogen-bond donors (Lipinski definition) is 0. The van der Waals surface area contributed by atoms with Crippen molar-refractivity contribution in [2.24, 2.45) is 17.8 Å². The minimum Gasteiger partial charge on any atom is -0.207 e. The van der Waals surface area contributed by atoms with E-state index in [2.05, 4.69) is 50.3 Å². The van der Waals surface area contributed by atoms with Crippen LogP contribution in [0.5, 0.6) is 0 Å². The third kappa shape index (κ3) is 9.35. The molecule has 1 saturated carbocycles. The number of unbranched alkanes of at least 4 members (excludes halogenated alkanes) is 7. The van der Waals surface area contributed by atoms with Gasteiger partial charge in [0.05, 0.1) is 0 Å². The molecule has 2 atom stereocenters. The fourth-order valence-electron chi connectivity index (χ4n) is 6.02. The van der Waals surface area contributed by atoms with E-state index in [1.807, 2.05) is 6.07 Å². The number of halogens is 1. The van der Waals surface area contributed by atoms with Crippen LogP contribution in [0.1, 0.15) is 134 Å². The molecule has 0 aromatic heterocycles. The minimum absolute atomic E-state index is 0.0326. The standard InChI is InChI=1S/C33H51F/c1-3-5-7-8-9-11-13-31-24-25-32(26-33(31)34)30-22-20-29(21-23-30)19-18-28-16-14-27(15-17-28)12-10-6-4-2/h14,16,18-19,24-30H,3-13,15,17,20-23H2,1-2H3/b19-18+. The largest absolute Gasteiger partial charge is 0.207 e. The second kappa shape index (κ2) is 15.6. The summed E-state index contributed by atoms with van der Waals surface area (Å²) in [5.74, 6) is 2.76. The zero-order valence-corrected chi connectivity index (χ0v) is 22.2. The lowest BCUT2D eigenvalue weighted by Crippen LogP contribution is -2.13. The highest BCUT2D eigenvalue weighted by atomic mass is 19.1. The predicted octanol–water partition coefficient (Wildman–Crippen LogP) is 10.7. The van der Waals surface area contributed by atoms with E-state index in [4.69, 9.17) is 0 Å². The minimum atomic E-state index is 0.0326. The van der Waals surface area contributed by atoms with Crippen molar-refractivity contribution in [3.8, 4) is 0 Å². The van der Waals surface area contributed by atoms with Gasteiger partial charge < -0.3 is 0 Å². The van der Waals surface area contributed by atoms with Gasteiger partial charge in [-0.25, -0.2) is 4.39 Å². The molecule has 0 spiro atoms. The van der Waals surface area contributed by atoms with Gasteiger partial charge in [-0.3, -0.25) is 0 Å². The molecule has 3 rings (SSSR count). The molecule has 34 heavy (non-hydrogen) atoms. The van der Waals surface area contributed by atoms with Crippen LogP contribution in [0.3, 0.4) is 0 Å². The Balaban J connectivity index is 1.37. The molecular formula is C33H51F. The second-order valence-corrected chi connectivity index (χ2v) is 11.2. The highest BCUT2D eigenvalue weighted by Crippen LogP contribution is 2.37. The molecule has 1 aromatic carbocycles. The quantitative estimate of drug-likeness (QED) is 0.189. The summed E-state index contributed by atoms with van der Waals surface area (Å²) < 4.78 is 14.7. The second-order valence-electron chi connectivity index (χ2n) is 11.2. The van der Waals surface area contributed by atoms with Crippen LogP contribution in [-0.4, -0.2) is 0 Å². The van der Waals surface area contributed by atoms with Crippen LogP contribution >= 0.6 is 0 Å². The molecule has 2 aliphatic rings. The van der Waals surface area contributed by atoms with Crippen LogP contribution < -0.4 is 0 Å². The van der Waals surface area contributed by atoms with E-state index >= 15 is 0 Å². The smallest absolute Gasteiger partial charge is 0.126 e. The topological polar surface area (TPSA) is 0 Å². The first-order chi connectivity index (χ1) is 16.7. The summed E-state index contributed by atoms with van der Waals surface area (Å²) >= 11 is 0. The highest BCUT2D eigenvalue weighted by Gasteiger charge is 2.22.